The quantitative estimate of drug-likeness (QED) is 0.423. The predicted molar refractivity (Wildman–Crippen MR) is 139 cm³/mol. The average Bonchev–Trinajstić information content (AvgIpc) is 3.03. The zero-order chi connectivity index (χ0) is 25.5. The first-order valence-corrected chi connectivity index (χ1v) is 12.6. The number of halogens is 1. The number of nitrogens with zero attached hydrogens (tertiary/aromatic N) is 3. The second-order valence-corrected chi connectivity index (χ2v) is 10.7. The van der Waals surface area contributed by atoms with Gasteiger partial charge in [0.05, 0.1) is 21.6 Å². The standard InChI is InChI=1S/C25H25ClN4O4S/c1-16-5-10-20(11-6-16)35(33,34)30(22-13-18(26)8-7-17(22)2)15-24(31)27-19-9-12-21-23(14-19)29(4)25(32)28(21)3/h5-14H,15H2,1-4H3,(H,27,31). The molecule has 0 aliphatic rings. The fourth-order valence-electron chi connectivity index (χ4n) is 3.90. The first kappa shape index (κ1) is 24.6. The number of amides is 1. The summed E-state index contributed by atoms with van der Waals surface area (Å²) in [6.45, 7) is 3.15. The number of anilines is 2. The molecular weight excluding hydrogens is 488 g/mol. The van der Waals surface area contributed by atoms with Gasteiger partial charge in [0.2, 0.25) is 5.91 Å². The van der Waals surface area contributed by atoms with Gasteiger partial charge in [0, 0.05) is 24.8 Å². The van der Waals surface area contributed by atoms with Gasteiger partial charge in [-0.25, -0.2) is 13.2 Å². The van der Waals surface area contributed by atoms with Crippen LogP contribution in [0.3, 0.4) is 0 Å². The molecule has 0 unspecified atom stereocenters. The summed E-state index contributed by atoms with van der Waals surface area (Å²) in [5.74, 6) is -0.541. The number of hydrogen-bond donors (Lipinski definition) is 1. The maximum absolute atomic E-state index is 13.6. The van der Waals surface area contributed by atoms with Crippen LogP contribution in [0.4, 0.5) is 11.4 Å². The molecule has 10 heteroatoms. The number of carbonyl (C=O) groups excluding carboxylic acids is 1. The molecule has 1 amide bonds. The van der Waals surface area contributed by atoms with Crippen molar-refractivity contribution in [1.29, 1.82) is 0 Å². The molecule has 0 fully saturated rings. The number of rotatable bonds is 6. The number of benzene rings is 3. The third kappa shape index (κ3) is 4.69. The van der Waals surface area contributed by atoms with Gasteiger partial charge in [-0.15, -0.1) is 0 Å². The van der Waals surface area contributed by atoms with Crippen LogP contribution in [0, 0.1) is 13.8 Å². The van der Waals surface area contributed by atoms with E-state index in [0.29, 0.717) is 33.0 Å². The summed E-state index contributed by atoms with van der Waals surface area (Å²) in [5.41, 5.74) is 3.50. The molecule has 1 aromatic heterocycles. The van der Waals surface area contributed by atoms with Gasteiger partial charge in [-0.2, -0.15) is 0 Å². The van der Waals surface area contributed by atoms with E-state index in [4.69, 9.17) is 11.6 Å². The largest absolute Gasteiger partial charge is 0.328 e. The minimum Gasteiger partial charge on any atom is -0.324 e. The Morgan fingerprint density at radius 2 is 1.60 bits per heavy atom. The Labute approximate surface area is 208 Å². The van der Waals surface area contributed by atoms with Crippen molar-refractivity contribution < 1.29 is 13.2 Å². The molecule has 0 spiro atoms. The van der Waals surface area contributed by atoms with Crippen molar-refractivity contribution in [2.24, 2.45) is 14.1 Å². The number of aryl methyl sites for hydroxylation is 4. The van der Waals surface area contributed by atoms with Gasteiger partial charge < -0.3 is 5.32 Å². The third-order valence-corrected chi connectivity index (χ3v) is 7.90. The van der Waals surface area contributed by atoms with Crippen LogP contribution in [0.5, 0.6) is 0 Å². The van der Waals surface area contributed by atoms with Gasteiger partial charge in [0.1, 0.15) is 6.54 Å². The van der Waals surface area contributed by atoms with E-state index in [0.717, 1.165) is 9.87 Å². The Morgan fingerprint density at radius 3 is 2.29 bits per heavy atom. The number of hydrogen-bond acceptors (Lipinski definition) is 4. The highest BCUT2D eigenvalue weighted by Crippen LogP contribution is 2.30. The maximum atomic E-state index is 13.6. The highest BCUT2D eigenvalue weighted by atomic mass is 35.5. The minimum absolute atomic E-state index is 0.0657. The Bertz CT molecular complexity index is 1610. The molecule has 0 atom stereocenters. The topological polar surface area (TPSA) is 93.4 Å². The SMILES string of the molecule is Cc1ccc(S(=O)(=O)N(CC(=O)Nc2ccc3c(c2)n(C)c(=O)n3C)c2cc(Cl)ccc2C)cc1. The van der Waals surface area contributed by atoms with E-state index in [1.54, 1.807) is 63.5 Å². The Kier molecular flexibility index (Phi) is 6.48. The Balaban J connectivity index is 1.70. The first-order chi connectivity index (χ1) is 16.5. The van der Waals surface area contributed by atoms with Crippen molar-refractivity contribution in [1.82, 2.24) is 9.13 Å². The molecule has 4 rings (SSSR count). The van der Waals surface area contributed by atoms with Gasteiger partial charge in [0.15, 0.2) is 0 Å². The molecule has 0 radical (unpaired) electrons. The van der Waals surface area contributed by atoms with Crippen molar-refractivity contribution in [3.8, 4) is 0 Å². The fraction of sp³-hybridized carbons (Fsp3) is 0.200. The smallest absolute Gasteiger partial charge is 0.324 e. The highest BCUT2D eigenvalue weighted by Gasteiger charge is 2.28. The van der Waals surface area contributed by atoms with Crippen molar-refractivity contribution in [2.75, 3.05) is 16.2 Å². The van der Waals surface area contributed by atoms with Gasteiger partial charge in [-0.3, -0.25) is 18.2 Å². The molecule has 0 aliphatic heterocycles. The first-order valence-electron chi connectivity index (χ1n) is 10.8. The molecule has 0 saturated heterocycles. The number of aromatic nitrogens is 2. The van der Waals surface area contributed by atoms with E-state index in [2.05, 4.69) is 5.32 Å². The molecule has 0 aliphatic carbocycles. The molecule has 35 heavy (non-hydrogen) atoms. The van der Waals surface area contributed by atoms with Crippen molar-refractivity contribution in [3.63, 3.8) is 0 Å². The number of nitrogens with one attached hydrogen (secondary N) is 1. The summed E-state index contributed by atoms with van der Waals surface area (Å²) in [5, 5.41) is 3.11. The summed E-state index contributed by atoms with van der Waals surface area (Å²) in [4.78, 5) is 25.4. The van der Waals surface area contributed by atoms with E-state index in [1.807, 2.05) is 6.92 Å². The Morgan fingerprint density at radius 1 is 0.943 bits per heavy atom. The molecular formula is C25H25ClN4O4S. The molecule has 1 heterocycles. The van der Waals surface area contributed by atoms with E-state index in [9.17, 15) is 18.0 Å². The van der Waals surface area contributed by atoms with Gasteiger partial charge in [-0.05, 0) is 61.9 Å². The number of carbonyl (C=O) groups is 1. The van der Waals surface area contributed by atoms with Crippen LogP contribution in [0.25, 0.3) is 11.0 Å². The summed E-state index contributed by atoms with van der Waals surface area (Å²) >= 11 is 6.18. The maximum Gasteiger partial charge on any atom is 0.328 e. The lowest BCUT2D eigenvalue weighted by Gasteiger charge is -2.26. The lowest BCUT2D eigenvalue weighted by atomic mass is 10.2. The van der Waals surface area contributed by atoms with Crippen LogP contribution in [-0.4, -0.2) is 30.0 Å². The van der Waals surface area contributed by atoms with E-state index >= 15 is 0 Å². The summed E-state index contributed by atoms with van der Waals surface area (Å²) in [6.07, 6.45) is 0. The van der Waals surface area contributed by atoms with E-state index in [1.165, 1.54) is 27.3 Å². The summed E-state index contributed by atoms with van der Waals surface area (Å²) in [7, 11) is -0.758. The number of fused-ring (bicyclic) bond motifs is 1. The second-order valence-electron chi connectivity index (χ2n) is 8.41. The fourth-order valence-corrected chi connectivity index (χ4v) is 5.55. The van der Waals surface area contributed by atoms with Crippen LogP contribution in [0.1, 0.15) is 11.1 Å². The zero-order valence-corrected chi connectivity index (χ0v) is 21.3. The molecule has 8 nitrogen and oxygen atoms in total. The van der Waals surface area contributed by atoms with E-state index in [-0.39, 0.29) is 10.6 Å². The average molecular weight is 513 g/mol. The van der Waals surface area contributed by atoms with E-state index < -0.39 is 22.5 Å². The molecule has 1 N–H and O–H groups in total. The second kappa shape index (κ2) is 9.24. The number of imidazole rings is 1. The highest BCUT2D eigenvalue weighted by molar-refractivity contribution is 7.92. The van der Waals surface area contributed by atoms with Gasteiger partial charge >= 0.3 is 5.69 Å². The van der Waals surface area contributed by atoms with Crippen LogP contribution < -0.4 is 15.3 Å². The summed E-state index contributed by atoms with van der Waals surface area (Å²) < 4.78 is 31.3. The molecule has 3 aromatic carbocycles. The normalized spacial score (nSPS) is 11.6. The van der Waals surface area contributed by atoms with Gasteiger partial charge in [-0.1, -0.05) is 35.4 Å². The lowest BCUT2D eigenvalue weighted by molar-refractivity contribution is -0.114. The van der Waals surface area contributed by atoms with Crippen LogP contribution in [0.2, 0.25) is 5.02 Å². The zero-order valence-electron chi connectivity index (χ0n) is 19.7. The van der Waals surface area contributed by atoms with Gasteiger partial charge in [0.25, 0.3) is 10.0 Å². The lowest BCUT2D eigenvalue weighted by Crippen LogP contribution is -2.38. The third-order valence-electron chi connectivity index (χ3n) is 5.89. The molecule has 0 saturated carbocycles. The van der Waals surface area contributed by atoms with Crippen LogP contribution in [-0.2, 0) is 28.9 Å². The van der Waals surface area contributed by atoms with Crippen molar-refractivity contribution in [2.45, 2.75) is 18.7 Å². The monoisotopic (exact) mass is 512 g/mol. The molecule has 182 valence electrons. The minimum atomic E-state index is -4.08. The van der Waals surface area contributed by atoms with Crippen LogP contribution in [0.15, 0.2) is 70.4 Å². The Hall–Kier alpha value is -3.56. The van der Waals surface area contributed by atoms with Crippen molar-refractivity contribution >= 4 is 49.9 Å². The number of sulfonamides is 1. The predicted octanol–water partition coefficient (Wildman–Crippen LogP) is 3.98. The molecule has 4 aromatic rings. The van der Waals surface area contributed by atoms with Crippen molar-refractivity contribution in [3.05, 3.63) is 87.3 Å². The summed E-state index contributed by atoms with van der Waals surface area (Å²) in [6, 6.07) is 16.4. The van der Waals surface area contributed by atoms with Crippen LogP contribution >= 0.6 is 11.6 Å². The molecule has 0 bridgehead atoms.